The number of rotatable bonds is 2. The molecule has 1 aromatic carbocycles. The van der Waals surface area contributed by atoms with Crippen LogP contribution in [0, 0.1) is 13.8 Å². The van der Waals surface area contributed by atoms with E-state index in [2.05, 4.69) is 21.0 Å². The quantitative estimate of drug-likeness (QED) is 0.926. The van der Waals surface area contributed by atoms with Gasteiger partial charge in [-0.15, -0.1) is 0 Å². The number of aromatic nitrogens is 2. The van der Waals surface area contributed by atoms with E-state index < -0.39 is 5.97 Å². The minimum Gasteiger partial charge on any atom is -0.478 e. The van der Waals surface area contributed by atoms with Crippen LogP contribution in [0.25, 0.3) is 5.69 Å². The van der Waals surface area contributed by atoms with Crippen LogP contribution in [-0.4, -0.2) is 20.9 Å². The van der Waals surface area contributed by atoms with E-state index in [0.29, 0.717) is 0 Å². The van der Waals surface area contributed by atoms with E-state index in [1.165, 1.54) is 12.4 Å². The average molecular weight is 295 g/mol. The molecule has 0 radical (unpaired) electrons. The van der Waals surface area contributed by atoms with Crippen molar-refractivity contribution in [2.45, 2.75) is 13.8 Å². The molecule has 0 atom stereocenters. The number of hydrogen-bond donors (Lipinski definition) is 1. The predicted molar refractivity (Wildman–Crippen MR) is 67.7 cm³/mol. The summed E-state index contributed by atoms with van der Waals surface area (Å²) in [5, 5.41) is 12.9. The van der Waals surface area contributed by atoms with Crippen LogP contribution in [-0.2, 0) is 0 Å². The summed E-state index contributed by atoms with van der Waals surface area (Å²) in [4.78, 5) is 10.8. The Labute approximate surface area is 107 Å². The van der Waals surface area contributed by atoms with Crippen molar-refractivity contribution in [2.75, 3.05) is 0 Å². The smallest absolute Gasteiger partial charge is 0.338 e. The number of carbonyl (C=O) groups is 1. The van der Waals surface area contributed by atoms with Crippen LogP contribution in [0.1, 0.15) is 21.5 Å². The summed E-state index contributed by atoms with van der Waals surface area (Å²) in [5.41, 5.74) is 3.18. The Kier molecular flexibility index (Phi) is 3.02. The lowest BCUT2D eigenvalue weighted by molar-refractivity contribution is 0.0697. The normalized spacial score (nSPS) is 10.5. The zero-order valence-electron chi connectivity index (χ0n) is 9.44. The van der Waals surface area contributed by atoms with Crippen LogP contribution in [0.3, 0.4) is 0 Å². The maximum absolute atomic E-state index is 10.8. The molecule has 2 rings (SSSR count). The monoisotopic (exact) mass is 294 g/mol. The second-order valence-electron chi connectivity index (χ2n) is 3.87. The fourth-order valence-electron chi connectivity index (χ4n) is 1.82. The molecule has 0 fully saturated rings. The van der Waals surface area contributed by atoms with Crippen molar-refractivity contribution in [3.8, 4) is 5.69 Å². The number of aryl methyl sites for hydroxylation is 2. The molecular formula is C12H11BrN2O2. The van der Waals surface area contributed by atoms with Crippen molar-refractivity contribution in [3.05, 3.63) is 45.7 Å². The summed E-state index contributed by atoms with van der Waals surface area (Å²) in [6, 6.07) is 3.95. The van der Waals surface area contributed by atoms with Gasteiger partial charge in [-0.05, 0) is 37.1 Å². The van der Waals surface area contributed by atoms with Gasteiger partial charge in [0.15, 0.2) is 0 Å². The van der Waals surface area contributed by atoms with Crippen molar-refractivity contribution in [1.29, 1.82) is 0 Å². The molecule has 17 heavy (non-hydrogen) atoms. The zero-order chi connectivity index (χ0) is 12.6. The molecule has 2 aromatic rings. The molecule has 0 amide bonds. The van der Waals surface area contributed by atoms with E-state index >= 15 is 0 Å². The number of halogens is 1. The zero-order valence-corrected chi connectivity index (χ0v) is 11.0. The third-order valence-corrected chi connectivity index (χ3v) is 2.97. The second-order valence-corrected chi connectivity index (χ2v) is 4.78. The third kappa shape index (κ3) is 2.24. The van der Waals surface area contributed by atoms with Gasteiger partial charge in [0.1, 0.15) is 0 Å². The molecule has 0 spiro atoms. The van der Waals surface area contributed by atoms with Crippen molar-refractivity contribution in [1.82, 2.24) is 9.78 Å². The molecule has 0 bridgehead atoms. The van der Waals surface area contributed by atoms with Gasteiger partial charge in [-0.2, -0.15) is 5.10 Å². The van der Waals surface area contributed by atoms with Crippen LogP contribution < -0.4 is 0 Å². The number of benzene rings is 1. The first-order valence-electron chi connectivity index (χ1n) is 5.04. The van der Waals surface area contributed by atoms with E-state index in [9.17, 15) is 4.79 Å². The Balaban J connectivity index is 2.56. The average Bonchev–Trinajstić information content (AvgIpc) is 2.65. The summed E-state index contributed by atoms with van der Waals surface area (Å²) >= 11 is 3.42. The molecule has 0 aliphatic rings. The van der Waals surface area contributed by atoms with Gasteiger partial charge in [0.2, 0.25) is 0 Å². The highest BCUT2D eigenvalue weighted by Gasteiger charge is 2.11. The lowest BCUT2D eigenvalue weighted by Crippen LogP contribution is -2.01. The van der Waals surface area contributed by atoms with Crippen LogP contribution in [0.5, 0.6) is 0 Å². The Morgan fingerprint density at radius 2 is 1.94 bits per heavy atom. The highest BCUT2D eigenvalue weighted by atomic mass is 79.9. The van der Waals surface area contributed by atoms with Gasteiger partial charge in [-0.1, -0.05) is 15.9 Å². The summed E-state index contributed by atoms with van der Waals surface area (Å²) in [6.45, 7) is 3.93. The molecule has 0 saturated heterocycles. The van der Waals surface area contributed by atoms with E-state index in [-0.39, 0.29) is 5.56 Å². The maximum Gasteiger partial charge on any atom is 0.338 e. The van der Waals surface area contributed by atoms with E-state index in [1.54, 1.807) is 4.68 Å². The minimum atomic E-state index is -0.969. The van der Waals surface area contributed by atoms with E-state index in [0.717, 1.165) is 21.3 Å². The fraction of sp³-hybridized carbons (Fsp3) is 0.167. The Bertz CT molecular complexity index is 567. The number of aromatic carboxylic acids is 1. The molecule has 0 aliphatic heterocycles. The predicted octanol–water partition coefficient (Wildman–Crippen LogP) is 2.95. The lowest BCUT2D eigenvalue weighted by Gasteiger charge is -2.10. The van der Waals surface area contributed by atoms with Crippen LogP contribution in [0.2, 0.25) is 0 Å². The molecular weight excluding hydrogens is 284 g/mol. The largest absolute Gasteiger partial charge is 0.478 e. The first-order valence-corrected chi connectivity index (χ1v) is 5.83. The summed E-state index contributed by atoms with van der Waals surface area (Å²) in [5.74, 6) is -0.969. The van der Waals surface area contributed by atoms with Crippen molar-refractivity contribution in [2.24, 2.45) is 0 Å². The van der Waals surface area contributed by atoms with Crippen molar-refractivity contribution in [3.63, 3.8) is 0 Å². The number of nitrogens with zero attached hydrogens (tertiary/aromatic N) is 2. The number of hydrogen-bond acceptors (Lipinski definition) is 2. The summed E-state index contributed by atoms with van der Waals surface area (Å²) in [6.07, 6.45) is 2.87. The standard InChI is InChI=1S/C12H11BrN2O2/c1-7-3-10(13)4-8(2)11(7)15-6-9(5-14-15)12(16)17/h3-6H,1-2H3,(H,16,17). The topological polar surface area (TPSA) is 55.1 Å². The number of carboxylic acids is 1. The highest BCUT2D eigenvalue weighted by Crippen LogP contribution is 2.23. The minimum absolute atomic E-state index is 0.187. The first kappa shape index (κ1) is 11.9. The van der Waals surface area contributed by atoms with Crippen LogP contribution >= 0.6 is 15.9 Å². The van der Waals surface area contributed by atoms with Crippen LogP contribution in [0.15, 0.2) is 29.0 Å². The Morgan fingerprint density at radius 1 is 1.35 bits per heavy atom. The molecule has 5 heteroatoms. The molecule has 88 valence electrons. The first-order chi connectivity index (χ1) is 7.99. The Hall–Kier alpha value is -1.62. The van der Waals surface area contributed by atoms with Gasteiger partial charge in [-0.3, -0.25) is 0 Å². The van der Waals surface area contributed by atoms with Gasteiger partial charge in [0.05, 0.1) is 17.4 Å². The van der Waals surface area contributed by atoms with Crippen molar-refractivity contribution < 1.29 is 9.90 Å². The third-order valence-electron chi connectivity index (χ3n) is 2.51. The molecule has 4 nitrogen and oxygen atoms in total. The molecule has 1 N–H and O–H groups in total. The highest BCUT2D eigenvalue weighted by molar-refractivity contribution is 9.10. The van der Waals surface area contributed by atoms with Crippen LogP contribution in [0.4, 0.5) is 0 Å². The SMILES string of the molecule is Cc1cc(Br)cc(C)c1-n1cc(C(=O)O)cn1. The van der Waals surface area contributed by atoms with Gasteiger partial charge in [0, 0.05) is 10.7 Å². The van der Waals surface area contributed by atoms with Crippen molar-refractivity contribution >= 4 is 21.9 Å². The lowest BCUT2D eigenvalue weighted by atomic mass is 10.1. The van der Waals surface area contributed by atoms with Gasteiger partial charge < -0.3 is 5.11 Å². The molecule has 0 aliphatic carbocycles. The van der Waals surface area contributed by atoms with E-state index in [4.69, 9.17) is 5.11 Å². The van der Waals surface area contributed by atoms with Gasteiger partial charge >= 0.3 is 5.97 Å². The summed E-state index contributed by atoms with van der Waals surface area (Å²) < 4.78 is 2.60. The molecule has 0 unspecified atom stereocenters. The molecule has 0 saturated carbocycles. The molecule has 1 aromatic heterocycles. The second kappa shape index (κ2) is 4.33. The maximum atomic E-state index is 10.8. The van der Waals surface area contributed by atoms with Gasteiger partial charge in [0.25, 0.3) is 0 Å². The fourth-order valence-corrected chi connectivity index (χ4v) is 2.51. The summed E-state index contributed by atoms with van der Waals surface area (Å²) in [7, 11) is 0. The molecule has 1 heterocycles. The van der Waals surface area contributed by atoms with Gasteiger partial charge in [-0.25, -0.2) is 9.48 Å². The number of carboxylic acid groups (broad SMARTS) is 1. The van der Waals surface area contributed by atoms with E-state index in [1.807, 2.05) is 26.0 Å². The Morgan fingerprint density at radius 3 is 2.41 bits per heavy atom.